The van der Waals surface area contributed by atoms with Crippen LogP contribution in [0.4, 0.5) is 10.8 Å². The number of aromatic nitrogens is 1. The van der Waals surface area contributed by atoms with Crippen LogP contribution in [0.1, 0.15) is 23.0 Å². The number of benzene rings is 2. The van der Waals surface area contributed by atoms with Crippen molar-refractivity contribution in [3.8, 4) is 5.75 Å². The van der Waals surface area contributed by atoms with Crippen molar-refractivity contribution < 1.29 is 14.3 Å². The number of anilines is 2. The summed E-state index contributed by atoms with van der Waals surface area (Å²) in [6, 6.07) is 17.0. The van der Waals surface area contributed by atoms with Crippen LogP contribution in [0.2, 0.25) is 0 Å². The fourth-order valence-corrected chi connectivity index (χ4v) is 4.37. The van der Waals surface area contributed by atoms with E-state index in [1.165, 1.54) is 11.3 Å². The van der Waals surface area contributed by atoms with Gasteiger partial charge < -0.3 is 14.5 Å². The van der Waals surface area contributed by atoms with E-state index < -0.39 is 0 Å². The van der Waals surface area contributed by atoms with Crippen LogP contribution in [0.15, 0.2) is 60.0 Å². The van der Waals surface area contributed by atoms with E-state index in [0.717, 1.165) is 24.5 Å². The zero-order valence-corrected chi connectivity index (χ0v) is 18.8. The minimum atomic E-state index is -0.207. The first-order chi connectivity index (χ1) is 15.6. The van der Waals surface area contributed by atoms with Gasteiger partial charge in [-0.1, -0.05) is 30.3 Å². The number of rotatable bonds is 7. The molecule has 32 heavy (non-hydrogen) atoms. The number of nitrogens with zero attached hydrogens (tertiary/aromatic N) is 3. The molecule has 1 aliphatic rings. The maximum atomic E-state index is 12.8. The van der Waals surface area contributed by atoms with E-state index in [9.17, 15) is 9.59 Å². The lowest BCUT2D eigenvalue weighted by Crippen LogP contribution is -2.49. The molecule has 0 aliphatic carbocycles. The molecule has 2 aromatic carbocycles. The van der Waals surface area contributed by atoms with Gasteiger partial charge in [-0.05, 0) is 31.2 Å². The van der Waals surface area contributed by atoms with Crippen molar-refractivity contribution in [2.75, 3.05) is 43.0 Å². The lowest BCUT2D eigenvalue weighted by atomic mass is 10.2. The van der Waals surface area contributed by atoms with Gasteiger partial charge in [-0.15, -0.1) is 11.3 Å². The summed E-state index contributed by atoms with van der Waals surface area (Å²) in [7, 11) is 0. The molecular weight excluding hydrogens is 424 g/mol. The molecule has 166 valence electrons. The quantitative estimate of drug-likeness (QED) is 0.594. The SMILES string of the molecule is CCOc1ccccc1N1CCN(C(=O)Cc2csc(NC(=O)c3ccccc3)n2)CC1. The number of amides is 2. The van der Waals surface area contributed by atoms with Crippen LogP contribution < -0.4 is 15.0 Å². The molecule has 7 nitrogen and oxygen atoms in total. The fraction of sp³-hybridized carbons (Fsp3) is 0.292. The Hall–Kier alpha value is -3.39. The number of ether oxygens (including phenoxy) is 1. The molecule has 0 unspecified atom stereocenters. The molecule has 3 aromatic rings. The summed E-state index contributed by atoms with van der Waals surface area (Å²) in [5.74, 6) is 0.720. The summed E-state index contributed by atoms with van der Waals surface area (Å²) in [5, 5.41) is 5.12. The first kappa shape index (κ1) is 21.8. The first-order valence-electron chi connectivity index (χ1n) is 10.7. The van der Waals surface area contributed by atoms with E-state index in [0.29, 0.717) is 36.1 Å². The average Bonchev–Trinajstić information content (AvgIpc) is 3.27. The van der Waals surface area contributed by atoms with Gasteiger partial charge in [-0.3, -0.25) is 14.9 Å². The second kappa shape index (κ2) is 10.3. The maximum Gasteiger partial charge on any atom is 0.257 e. The molecule has 0 radical (unpaired) electrons. The highest BCUT2D eigenvalue weighted by molar-refractivity contribution is 7.14. The molecule has 0 atom stereocenters. The van der Waals surface area contributed by atoms with Gasteiger partial charge in [-0.25, -0.2) is 4.98 Å². The monoisotopic (exact) mass is 450 g/mol. The summed E-state index contributed by atoms with van der Waals surface area (Å²) < 4.78 is 5.74. The predicted molar refractivity (Wildman–Crippen MR) is 127 cm³/mol. The molecule has 0 spiro atoms. The Kier molecular flexibility index (Phi) is 7.01. The number of carbonyl (C=O) groups excluding carboxylic acids is 2. The third-order valence-electron chi connectivity index (χ3n) is 5.28. The van der Waals surface area contributed by atoms with E-state index in [-0.39, 0.29) is 18.2 Å². The Morgan fingerprint density at radius 1 is 1.03 bits per heavy atom. The molecule has 0 bridgehead atoms. The fourth-order valence-electron chi connectivity index (χ4n) is 3.66. The topological polar surface area (TPSA) is 74.8 Å². The Morgan fingerprint density at radius 3 is 2.50 bits per heavy atom. The number of hydrogen-bond acceptors (Lipinski definition) is 6. The first-order valence-corrected chi connectivity index (χ1v) is 11.6. The number of carbonyl (C=O) groups is 2. The minimum absolute atomic E-state index is 0.0500. The van der Waals surface area contributed by atoms with Crippen LogP contribution in [-0.2, 0) is 11.2 Å². The van der Waals surface area contributed by atoms with Crippen LogP contribution in [-0.4, -0.2) is 54.5 Å². The summed E-state index contributed by atoms with van der Waals surface area (Å²) in [6.45, 7) is 5.42. The molecule has 4 rings (SSSR count). The van der Waals surface area contributed by atoms with Crippen LogP contribution >= 0.6 is 11.3 Å². The molecule has 1 aromatic heterocycles. The summed E-state index contributed by atoms with van der Waals surface area (Å²) in [5.41, 5.74) is 2.32. The number of piperazine rings is 1. The van der Waals surface area contributed by atoms with Gasteiger partial charge >= 0.3 is 0 Å². The highest BCUT2D eigenvalue weighted by atomic mass is 32.1. The van der Waals surface area contributed by atoms with Crippen LogP contribution in [0, 0.1) is 0 Å². The van der Waals surface area contributed by atoms with Gasteiger partial charge in [0.15, 0.2) is 5.13 Å². The van der Waals surface area contributed by atoms with Crippen molar-refractivity contribution >= 4 is 34.0 Å². The van der Waals surface area contributed by atoms with E-state index in [1.807, 2.05) is 53.6 Å². The Morgan fingerprint density at radius 2 is 1.75 bits per heavy atom. The van der Waals surface area contributed by atoms with Gasteiger partial charge in [0.25, 0.3) is 5.91 Å². The van der Waals surface area contributed by atoms with Crippen molar-refractivity contribution in [2.45, 2.75) is 13.3 Å². The molecule has 2 amide bonds. The van der Waals surface area contributed by atoms with Gasteiger partial charge in [0.1, 0.15) is 5.75 Å². The largest absolute Gasteiger partial charge is 0.492 e. The van der Waals surface area contributed by atoms with E-state index in [2.05, 4.69) is 21.3 Å². The molecular formula is C24H26N4O3S. The standard InChI is InChI=1S/C24H26N4O3S/c1-2-31-21-11-7-6-10-20(21)27-12-14-28(15-13-27)22(29)16-19-17-32-24(25-19)26-23(30)18-8-4-3-5-9-18/h3-11,17H,2,12-16H2,1H3,(H,25,26,30). The Labute approximate surface area is 191 Å². The van der Waals surface area contributed by atoms with Crippen molar-refractivity contribution in [3.63, 3.8) is 0 Å². The normalized spacial score (nSPS) is 13.7. The second-order valence-electron chi connectivity index (χ2n) is 7.41. The number of hydrogen-bond donors (Lipinski definition) is 1. The summed E-state index contributed by atoms with van der Waals surface area (Å²) >= 11 is 1.33. The molecule has 8 heteroatoms. The van der Waals surface area contributed by atoms with Crippen molar-refractivity contribution in [2.24, 2.45) is 0 Å². The van der Waals surface area contributed by atoms with Crippen molar-refractivity contribution in [1.29, 1.82) is 0 Å². The van der Waals surface area contributed by atoms with Crippen LogP contribution in [0.25, 0.3) is 0 Å². The van der Waals surface area contributed by atoms with Crippen LogP contribution in [0.3, 0.4) is 0 Å². The third-order valence-corrected chi connectivity index (χ3v) is 6.09. The van der Waals surface area contributed by atoms with Gasteiger partial charge in [0.2, 0.25) is 5.91 Å². The predicted octanol–water partition coefficient (Wildman–Crippen LogP) is 3.69. The van der Waals surface area contributed by atoms with Crippen molar-refractivity contribution in [1.82, 2.24) is 9.88 Å². The highest BCUT2D eigenvalue weighted by Crippen LogP contribution is 2.29. The molecule has 1 aliphatic heterocycles. The van der Waals surface area contributed by atoms with Gasteiger partial charge in [0, 0.05) is 37.1 Å². The van der Waals surface area contributed by atoms with E-state index in [1.54, 1.807) is 12.1 Å². The van der Waals surface area contributed by atoms with Gasteiger partial charge in [0.05, 0.1) is 24.4 Å². The number of para-hydroxylation sites is 2. The molecule has 2 heterocycles. The zero-order valence-electron chi connectivity index (χ0n) is 18.0. The highest BCUT2D eigenvalue weighted by Gasteiger charge is 2.23. The van der Waals surface area contributed by atoms with E-state index in [4.69, 9.17) is 4.74 Å². The zero-order chi connectivity index (χ0) is 22.3. The summed E-state index contributed by atoms with van der Waals surface area (Å²) in [4.78, 5) is 33.6. The summed E-state index contributed by atoms with van der Waals surface area (Å²) in [6.07, 6.45) is 0.229. The molecule has 1 N–H and O–H groups in total. The number of nitrogens with one attached hydrogen (secondary N) is 1. The van der Waals surface area contributed by atoms with E-state index >= 15 is 0 Å². The lowest BCUT2D eigenvalue weighted by molar-refractivity contribution is -0.130. The van der Waals surface area contributed by atoms with Crippen molar-refractivity contribution in [3.05, 3.63) is 71.2 Å². The smallest absolute Gasteiger partial charge is 0.257 e. The molecule has 1 saturated heterocycles. The third kappa shape index (κ3) is 5.26. The Balaban J connectivity index is 1.30. The number of thiazole rings is 1. The minimum Gasteiger partial charge on any atom is -0.492 e. The molecule has 0 saturated carbocycles. The molecule has 1 fully saturated rings. The van der Waals surface area contributed by atoms with Crippen LogP contribution in [0.5, 0.6) is 5.75 Å². The van der Waals surface area contributed by atoms with Gasteiger partial charge in [-0.2, -0.15) is 0 Å². The Bertz CT molecular complexity index is 1060. The maximum absolute atomic E-state index is 12.8. The lowest BCUT2D eigenvalue weighted by Gasteiger charge is -2.36. The second-order valence-corrected chi connectivity index (χ2v) is 8.27. The average molecular weight is 451 g/mol.